The minimum atomic E-state index is -1.19. The first kappa shape index (κ1) is 17.4. The molecule has 0 aliphatic carbocycles. The Labute approximate surface area is 156 Å². The predicted molar refractivity (Wildman–Crippen MR) is 97.6 cm³/mol. The molecule has 0 aromatic heterocycles. The molecule has 136 valence electrons. The number of benzene rings is 2. The third-order valence-corrected chi connectivity index (χ3v) is 5.19. The number of rotatable bonds is 3. The minimum Gasteiger partial charge on any atom is -0.350 e. The van der Waals surface area contributed by atoms with Crippen molar-refractivity contribution in [2.45, 2.75) is 5.72 Å². The molecule has 2 aromatic carbocycles. The van der Waals surface area contributed by atoms with E-state index < -0.39 is 5.72 Å². The van der Waals surface area contributed by atoms with Crippen LogP contribution in [0.15, 0.2) is 42.5 Å². The smallest absolute Gasteiger partial charge is 0.241 e. The Morgan fingerprint density at radius 3 is 2.81 bits per heavy atom. The number of carbonyl (C=O) groups excluding carboxylic acids is 1. The third kappa shape index (κ3) is 2.53. The van der Waals surface area contributed by atoms with E-state index in [1.807, 2.05) is 4.90 Å². The SMILES string of the molecule is NCCN1C(=O)CN2CCOC2(c2ccccc2F)c2cc(Cl)ccc21. The first-order valence-electron chi connectivity index (χ1n) is 8.52. The highest BCUT2D eigenvalue weighted by Gasteiger charge is 2.51. The van der Waals surface area contributed by atoms with Crippen LogP contribution in [0.1, 0.15) is 11.1 Å². The molecule has 2 heterocycles. The molecule has 0 saturated carbocycles. The molecule has 0 radical (unpaired) electrons. The lowest BCUT2D eigenvalue weighted by Crippen LogP contribution is -2.46. The molecule has 5 nitrogen and oxygen atoms in total. The molecule has 2 N–H and O–H groups in total. The van der Waals surface area contributed by atoms with Gasteiger partial charge in [0.2, 0.25) is 5.91 Å². The van der Waals surface area contributed by atoms with E-state index in [1.54, 1.807) is 41.3 Å². The first-order chi connectivity index (χ1) is 12.6. The van der Waals surface area contributed by atoms with Crippen molar-refractivity contribution >= 4 is 23.2 Å². The van der Waals surface area contributed by atoms with Gasteiger partial charge in [-0.2, -0.15) is 0 Å². The van der Waals surface area contributed by atoms with E-state index in [0.717, 1.165) is 0 Å². The molecule has 1 atom stereocenters. The second kappa shape index (κ2) is 6.63. The van der Waals surface area contributed by atoms with E-state index >= 15 is 0 Å². The van der Waals surface area contributed by atoms with E-state index in [0.29, 0.717) is 48.1 Å². The van der Waals surface area contributed by atoms with Crippen LogP contribution in [0.4, 0.5) is 10.1 Å². The Hall–Kier alpha value is -1.99. The number of ether oxygens (including phenoxy) is 1. The molecule has 26 heavy (non-hydrogen) atoms. The molecular formula is C19H19ClFN3O2. The van der Waals surface area contributed by atoms with Crippen molar-refractivity contribution in [2.75, 3.05) is 37.7 Å². The molecule has 2 aliphatic rings. The van der Waals surface area contributed by atoms with Crippen LogP contribution in [0.2, 0.25) is 5.02 Å². The van der Waals surface area contributed by atoms with Crippen molar-refractivity contribution in [1.29, 1.82) is 0 Å². The Bertz CT molecular complexity index is 862. The Morgan fingerprint density at radius 1 is 1.23 bits per heavy atom. The van der Waals surface area contributed by atoms with Gasteiger partial charge < -0.3 is 15.4 Å². The number of carbonyl (C=O) groups is 1. The van der Waals surface area contributed by atoms with E-state index in [1.165, 1.54) is 6.07 Å². The maximum absolute atomic E-state index is 14.8. The van der Waals surface area contributed by atoms with Gasteiger partial charge in [-0.3, -0.25) is 9.69 Å². The van der Waals surface area contributed by atoms with E-state index in [-0.39, 0.29) is 18.3 Å². The van der Waals surface area contributed by atoms with Crippen LogP contribution in [0, 0.1) is 5.82 Å². The zero-order valence-electron chi connectivity index (χ0n) is 14.1. The van der Waals surface area contributed by atoms with Crippen LogP contribution in [0.5, 0.6) is 0 Å². The molecule has 2 aliphatic heterocycles. The summed E-state index contributed by atoms with van der Waals surface area (Å²) < 4.78 is 21.0. The van der Waals surface area contributed by atoms with Crippen molar-refractivity contribution in [3.63, 3.8) is 0 Å². The summed E-state index contributed by atoms with van der Waals surface area (Å²) in [6.45, 7) is 1.71. The zero-order chi connectivity index (χ0) is 18.3. The van der Waals surface area contributed by atoms with Gasteiger partial charge in [0.05, 0.1) is 18.8 Å². The fraction of sp³-hybridized carbons (Fsp3) is 0.316. The summed E-state index contributed by atoms with van der Waals surface area (Å²) in [5.41, 5.74) is 6.22. The summed E-state index contributed by atoms with van der Waals surface area (Å²) in [5.74, 6) is -0.479. The summed E-state index contributed by atoms with van der Waals surface area (Å²) in [6, 6.07) is 11.7. The third-order valence-electron chi connectivity index (χ3n) is 4.95. The highest BCUT2D eigenvalue weighted by Crippen LogP contribution is 2.47. The van der Waals surface area contributed by atoms with Gasteiger partial charge in [0, 0.05) is 35.8 Å². The summed E-state index contributed by atoms with van der Waals surface area (Å²) >= 11 is 6.27. The average Bonchev–Trinajstić information content (AvgIpc) is 3.01. The fourth-order valence-electron chi connectivity index (χ4n) is 3.89. The van der Waals surface area contributed by atoms with Crippen molar-refractivity contribution in [1.82, 2.24) is 4.90 Å². The lowest BCUT2D eigenvalue weighted by atomic mass is 9.91. The summed E-state index contributed by atoms with van der Waals surface area (Å²) in [4.78, 5) is 16.4. The zero-order valence-corrected chi connectivity index (χ0v) is 14.9. The van der Waals surface area contributed by atoms with Gasteiger partial charge in [0.1, 0.15) is 5.82 Å². The number of nitrogens with two attached hydrogens (primary N) is 1. The van der Waals surface area contributed by atoms with E-state index in [2.05, 4.69) is 0 Å². The number of halogens is 2. The lowest BCUT2D eigenvalue weighted by molar-refractivity contribution is -0.123. The molecule has 2 aromatic rings. The maximum atomic E-state index is 14.8. The molecule has 4 rings (SSSR count). The van der Waals surface area contributed by atoms with Crippen LogP contribution in [-0.4, -0.2) is 43.6 Å². The van der Waals surface area contributed by atoms with Gasteiger partial charge in [-0.05, 0) is 24.3 Å². The number of hydrogen-bond donors (Lipinski definition) is 1. The van der Waals surface area contributed by atoms with Gasteiger partial charge in [-0.1, -0.05) is 29.8 Å². The van der Waals surface area contributed by atoms with Crippen LogP contribution in [-0.2, 0) is 15.3 Å². The largest absolute Gasteiger partial charge is 0.350 e. The molecule has 0 bridgehead atoms. The Balaban J connectivity index is 2.02. The van der Waals surface area contributed by atoms with Crippen molar-refractivity contribution < 1.29 is 13.9 Å². The van der Waals surface area contributed by atoms with Crippen molar-refractivity contribution in [3.05, 3.63) is 64.4 Å². The topological polar surface area (TPSA) is 58.8 Å². The number of hydrogen-bond acceptors (Lipinski definition) is 4. The lowest BCUT2D eigenvalue weighted by Gasteiger charge is -2.37. The second-order valence-electron chi connectivity index (χ2n) is 6.39. The highest BCUT2D eigenvalue weighted by atomic mass is 35.5. The monoisotopic (exact) mass is 375 g/mol. The van der Waals surface area contributed by atoms with Crippen LogP contribution in [0.3, 0.4) is 0 Å². The minimum absolute atomic E-state index is 0.0947. The maximum Gasteiger partial charge on any atom is 0.241 e. The standard InChI is InChI=1S/C19H19ClFN3O2/c20-13-5-6-17-15(11-13)19(14-3-1-2-4-16(14)21)23(9-10-26-19)12-18(25)24(17)8-7-22/h1-6,11H,7-10,12,22H2. The summed E-state index contributed by atoms with van der Waals surface area (Å²) in [7, 11) is 0. The van der Waals surface area contributed by atoms with Gasteiger partial charge in [-0.15, -0.1) is 0 Å². The predicted octanol–water partition coefficient (Wildman–Crippen LogP) is 2.32. The van der Waals surface area contributed by atoms with E-state index in [4.69, 9.17) is 22.1 Å². The van der Waals surface area contributed by atoms with Crippen LogP contribution in [0.25, 0.3) is 0 Å². The highest BCUT2D eigenvalue weighted by molar-refractivity contribution is 6.30. The van der Waals surface area contributed by atoms with Gasteiger partial charge >= 0.3 is 0 Å². The number of fused-ring (bicyclic) bond motifs is 3. The average molecular weight is 376 g/mol. The number of nitrogens with zero attached hydrogens (tertiary/aromatic N) is 2. The van der Waals surface area contributed by atoms with Crippen LogP contribution >= 0.6 is 11.6 Å². The quantitative estimate of drug-likeness (QED) is 0.894. The molecule has 1 fully saturated rings. The Morgan fingerprint density at radius 2 is 2.04 bits per heavy atom. The molecule has 1 unspecified atom stereocenters. The van der Waals surface area contributed by atoms with Crippen LogP contribution < -0.4 is 10.6 Å². The molecule has 7 heteroatoms. The number of anilines is 1. The Kier molecular flexibility index (Phi) is 4.44. The second-order valence-corrected chi connectivity index (χ2v) is 6.83. The molecular weight excluding hydrogens is 357 g/mol. The van der Waals surface area contributed by atoms with Crippen molar-refractivity contribution in [2.24, 2.45) is 5.73 Å². The number of amides is 1. The van der Waals surface area contributed by atoms with Crippen molar-refractivity contribution in [3.8, 4) is 0 Å². The van der Waals surface area contributed by atoms with Gasteiger partial charge in [0.25, 0.3) is 0 Å². The fourth-order valence-corrected chi connectivity index (χ4v) is 4.06. The molecule has 0 spiro atoms. The first-order valence-corrected chi connectivity index (χ1v) is 8.90. The van der Waals surface area contributed by atoms with Gasteiger partial charge in [-0.25, -0.2) is 4.39 Å². The summed E-state index contributed by atoms with van der Waals surface area (Å²) in [6.07, 6.45) is 0. The molecule has 1 saturated heterocycles. The normalized spacial score (nSPS) is 22.9. The summed E-state index contributed by atoms with van der Waals surface area (Å²) in [5, 5.41) is 0.497. The van der Waals surface area contributed by atoms with E-state index in [9.17, 15) is 9.18 Å². The molecule has 1 amide bonds. The van der Waals surface area contributed by atoms with Gasteiger partial charge in [0.15, 0.2) is 5.72 Å².